The van der Waals surface area contributed by atoms with Gasteiger partial charge in [0.25, 0.3) is 0 Å². The van der Waals surface area contributed by atoms with Crippen molar-refractivity contribution in [2.75, 3.05) is 0 Å². The van der Waals surface area contributed by atoms with Crippen LogP contribution in [-0.2, 0) is 38.1 Å². The molecule has 156 valence electrons. The highest BCUT2D eigenvalue weighted by molar-refractivity contribution is 5.70. The average Bonchev–Trinajstić information content (AvgIpc) is 2.51. The molecule has 0 N–H and O–H groups in total. The van der Waals surface area contributed by atoms with Crippen molar-refractivity contribution in [2.24, 2.45) is 0 Å². The molecule has 0 aliphatic heterocycles. The number of rotatable bonds is 14. The van der Waals surface area contributed by atoms with Crippen LogP contribution in [0.1, 0.15) is 85.5 Å². The van der Waals surface area contributed by atoms with Gasteiger partial charge in [-0.05, 0) is 12.8 Å². The fraction of sp³-hybridized carbons (Fsp3) is 0.789. The maximum Gasteiger partial charge on any atom is 0.308 e. The van der Waals surface area contributed by atoms with Gasteiger partial charge in [-0.1, -0.05) is 32.1 Å². The zero-order chi connectivity index (χ0) is 20.7. The molecule has 0 amide bonds. The minimum atomic E-state index is -0.848. The molecule has 0 bridgehead atoms. The topological polar surface area (TPSA) is 105 Å². The normalized spacial score (nSPS) is 12.6. The van der Waals surface area contributed by atoms with Crippen LogP contribution < -0.4 is 0 Å². The number of hydrogen-bond acceptors (Lipinski definition) is 8. The zero-order valence-electron chi connectivity index (χ0n) is 16.8. The minimum Gasteiger partial charge on any atom is -0.426 e. The fourth-order valence-corrected chi connectivity index (χ4v) is 2.43. The molecular weight excluding hydrogens is 356 g/mol. The molecule has 0 aliphatic rings. The second-order valence-corrected chi connectivity index (χ2v) is 6.31. The Morgan fingerprint density at radius 2 is 0.852 bits per heavy atom. The lowest BCUT2D eigenvalue weighted by Gasteiger charge is -2.12. The molecule has 2 unspecified atom stereocenters. The van der Waals surface area contributed by atoms with E-state index in [1.165, 1.54) is 27.7 Å². The standard InChI is InChI=1S/C19H32O8/c1-14(20)24-16(3)26-18(22)12-10-8-6-5-7-9-11-13-19(23)27-17(4)25-15(2)21/h16-17H,5-13H2,1-4H3. The fourth-order valence-electron chi connectivity index (χ4n) is 2.43. The van der Waals surface area contributed by atoms with Crippen molar-refractivity contribution in [3.05, 3.63) is 0 Å². The van der Waals surface area contributed by atoms with E-state index < -0.39 is 24.5 Å². The lowest BCUT2D eigenvalue weighted by Crippen LogP contribution is -2.20. The van der Waals surface area contributed by atoms with Crippen molar-refractivity contribution in [1.82, 2.24) is 0 Å². The van der Waals surface area contributed by atoms with E-state index >= 15 is 0 Å². The molecule has 0 radical (unpaired) electrons. The summed E-state index contributed by atoms with van der Waals surface area (Å²) in [6.45, 7) is 5.53. The molecule has 0 fully saturated rings. The number of ether oxygens (including phenoxy) is 4. The van der Waals surface area contributed by atoms with E-state index in [1.54, 1.807) is 0 Å². The molecule has 0 saturated carbocycles. The lowest BCUT2D eigenvalue weighted by molar-refractivity contribution is -0.184. The summed E-state index contributed by atoms with van der Waals surface area (Å²) in [5.41, 5.74) is 0. The molecule has 8 heteroatoms. The highest BCUT2D eigenvalue weighted by atomic mass is 16.7. The molecule has 8 nitrogen and oxygen atoms in total. The van der Waals surface area contributed by atoms with Crippen molar-refractivity contribution < 1.29 is 38.1 Å². The molecule has 0 aliphatic carbocycles. The monoisotopic (exact) mass is 388 g/mol. The Morgan fingerprint density at radius 3 is 1.15 bits per heavy atom. The van der Waals surface area contributed by atoms with E-state index in [0.717, 1.165) is 44.9 Å². The van der Waals surface area contributed by atoms with Crippen LogP contribution in [0.2, 0.25) is 0 Å². The number of esters is 4. The van der Waals surface area contributed by atoms with Crippen molar-refractivity contribution in [1.29, 1.82) is 0 Å². The van der Waals surface area contributed by atoms with Gasteiger partial charge >= 0.3 is 23.9 Å². The highest BCUT2D eigenvalue weighted by Gasteiger charge is 2.12. The second-order valence-electron chi connectivity index (χ2n) is 6.31. The molecule has 27 heavy (non-hydrogen) atoms. The van der Waals surface area contributed by atoms with Crippen molar-refractivity contribution in [3.8, 4) is 0 Å². The summed E-state index contributed by atoms with van der Waals surface area (Å²) >= 11 is 0. The molecule has 0 spiro atoms. The summed E-state index contributed by atoms with van der Waals surface area (Å²) in [5.74, 6) is -1.71. The van der Waals surface area contributed by atoms with Gasteiger partial charge in [0.05, 0.1) is 0 Å². The summed E-state index contributed by atoms with van der Waals surface area (Å²) in [4.78, 5) is 44.5. The number of hydrogen-bond donors (Lipinski definition) is 0. The Balaban J connectivity index is 3.49. The molecule has 0 aromatic rings. The average molecular weight is 388 g/mol. The predicted octanol–water partition coefficient (Wildman–Crippen LogP) is 3.40. The smallest absolute Gasteiger partial charge is 0.308 e. The van der Waals surface area contributed by atoms with Gasteiger partial charge in [-0.15, -0.1) is 0 Å². The highest BCUT2D eigenvalue weighted by Crippen LogP contribution is 2.11. The largest absolute Gasteiger partial charge is 0.426 e. The van der Waals surface area contributed by atoms with E-state index in [0.29, 0.717) is 12.8 Å². The van der Waals surface area contributed by atoms with Gasteiger partial charge in [-0.25, -0.2) is 0 Å². The van der Waals surface area contributed by atoms with E-state index in [4.69, 9.17) is 18.9 Å². The SMILES string of the molecule is CC(=O)OC(C)OC(=O)CCCCCCCCCC(=O)OC(C)OC(C)=O. The summed E-state index contributed by atoms with van der Waals surface area (Å²) < 4.78 is 19.3. The molecule has 0 saturated heterocycles. The van der Waals surface area contributed by atoms with Crippen molar-refractivity contribution in [2.45, 2.75) is 98.1 Å². The number of carbonyl (C=O) groups excluding carboxylic acids is 4. The van der Waals surface area contributed by atoms with Crippen molar-refractivity contribution in [3.63, 3.8) is 0 Å². The van der Waals surface area contributed by atoms with Crippen LogP contribution in [0, 0.1) is 0 Å². The van der Waals surface area contributed by atoms with Gasteiger partial charge in [0.2, 0.25) is 12.6 Å². The first-order valence-electron chi connectivity index (χ1n) is 9.44. The Morgan fingerprint density at radius 1 is 0.556 bits per heavy atom. The minimum absolute atomic E-state index is 0.304. The van der Waals surface area contributed by atoms with Crippen LogP contribution in [0.3, 0.4) is 0 Å². The van der Waals surface area contributed by atoms with Crippen LogP contribution >= 0.6 is 0 Å². The van der Waals surface area contributed by atoms with Gasteiger partial charge in [0.1, 0.15) is 0 Å². The maximum atomic E-state index is 11.5. The van der Waals surface area contributed by atoms with E-state index in [1.807, 2.05) is 0 Å². The first kappa shape index (κ1) is 24.9. The molecule has 2 atom stereocenters. The Bertz CT molecular complexity index is 432. The summed E-state index contributed by atoms with van der Waals surface area (Å²) in [5, 5.41) is 0. The lowest BCUT2D eigenvalue weighted by atomic mass is 10.1. The van der Waals surface area contributed by atoms with Crippen LogP contribution in [0.5, 0.6) is 0 Å². The molecule has 0 aromatic carbocycles. The van der Waals surface area contributed by atoms with E-state index in [-0.39, 0.29) is 11.9 Å². The van der Waals surface area contributed by atoms with Gasteiger partial charge in [0.15, 0.2) is 0 Å². The third-order valence-electron chi connectivity index (χ3n) is 3.52. The third-order valence-corrected chi connectivity index (χ3v) is 3.52. The molecule has 0 heterocycles. The van der Waals surface area contributed by atoms with Gasteiger partial charge in [-0.2, -0.15) is 0 Å². The number of carbonyl (C=O) groups is 4. The Kier molecular flexibility index (Phi) is 13.8. The van der Waals surface area contributed by atoms with Gasteiger partial charge < -0.3 is 18.9 Å². The van der Waals surface area contributed by atoms with Crippen LogP contribution in [0.15, 0.2) is 0 Å². The van der Waals surface area contributed by atoms with Crippen LogP contribution in [0.4, 0.5) is 0 Å². The Labute approximate surface area is 160 Å². The Hall–Kier alpha value is -2.12. The maximum absolute atomic E-state index is 11.5. The van der Waals surface area contributed by atoms with E-state index in [2.05, 4.69) is 0 Å². The summed E-state index contributed by atoms with van der Waals surface area (Å²) in [6, 6.07) is 0. The quantitative estimate of drug-likeness (QED) is 0.253. The van der Waals surface area contributed by atoms with Crippen LogP contribution in [-0.4, -0.2) is 36.5 Å². The van der Waals surface area contributed by atoms with Crippen molar-refractivity contribution >= 4 is 23.9 Å². The predicted molar refractivity (Wildman–Crippen MR) is 96.2 cm³/mol. The van der Waals surface area contributed by atoms with E-state index in [9.17, 15) is 19.2 Å². The first-order chi connectivity index (χ1) is 12.7. The summed E-state index contributed by atoms with van der Waals surface area (Å²) in [6.07, 6.45) is 5.22. The number of unbranched alkanes of at least 4 members (excludes halogenated alkanes) is 6. The molecule has 0 rings (SSSR count). The zero-order valence-corrected chi connectivity index (χ0v) is 16.8. The summed E-state index contributed by atoms with van der Waals surface area (Å²) in [7, 11) is 0. The third kappa shape index (κ3) is 17.1. The van der Waals surface area contributed by atoms with Gasteiger partial charge in [0, 0.05) is 40.5 Å². The molecule has 0 aromatic heterocycles. The van der Waals surface area contributed by atoms with Crippen LogP contribution in [0.25, 0.3) is 0 Å². The molecular formula is C19H32O8. The van der Waals surface area contributed by atoms with Gasteiger partial charge in [-0.3, -0.25) is 19.2 Å². The second kappa shape index (κ2) is 15.0. The first-order valence-corrected chi connectivity index (χ1v) is 9.44.